The average molecular weight is 315 g/mol. The Morgan fingerprint density at radius 3 is 3.00 bits per heavy atom. The van der Waals surface area contributed by atoms with Crippen LogP contribution in [0.25, 0.3) is 11.0 Å². The third kappa shape index (κ3) is 3.64. The third-order valence-corrected chi connectivity index (χ3v) is 4.06. The van der Waals surface area contributed by atoms with Crippen LogP contribution >= 0.6 is 0 Å². The molecule has 122 valence electrons. The summed E-state index contributed by atoms with van der Waals surface area (Å²) in [7, 11) is 0. The zero-order chi connectivity index (χ0) is 16.2. The van der Waals surface area contributed by atoms with Gasteiger partial charge in [0.1, 0.15) is 17.4 Å². The van der Waals surface area contributed by atoms with Gasteiger partial charge >= 0.3 is 6.03 Å². The molecule has 0 bridgehead atoms. The fourth-order valence-electron chi connectivity index (χ4n) is 2.76. The summed E-state index contributed by atoms with van der Waals surface area (Å²) in [6.07, 6.45) is 2.53. The second-order valence-electron chi connectivity index (χ2n) is 5.87. The van der Waals surface area contributed by atoms with E-state index in [4.69, 9.17) is 4.42 Å². The number of fused-ring (bicyclic) bond motifs is 1. The summed E-state index contributed by atoms with van der Waals surface area (Å²) < 4.78 is 5.74. The van der Waals surface area contributed by atoms with Gasteiger partial charge in [-0.1, -0.05) is 18.2 Å². The smallest absolute Gasteiger partial charge is 0.316 e. The molecule has 1 saturated heterocycles. The highest BCUT2D eigenvalue weighted by Gasteiger charge is 2.23. The van der Waals surface area contributed by atoms with Crippen LogP contribution < -0.4 is 16.0 Å². The molecule has 3 N–H and O–H groups in total. The number of nitrogens with one attached hydrogen (secondary N) is 3. The van der Waals surface area contributed by atoms with E-state index in [1.54, 1.807) is 0 Å². The molecule has 0 saturated carbocycles. The van der Waals surface area contributed by atoms with Gasteiger partial charge < -0.3 is 20.4 Å². The van der Waals surface area contributed by atoms with Gasteiger partial charge in [0.2, 0.25) is 5.91 Å². The van der Waals surface area contributed by atoms with E-state index >= 15 is 0 Å². The number of furan rings is 1. The van der Waals surface area contributed by atoms with Gasteiger partial charge in [0.25, 0.3) is 0 Å². The van der Waals surface area contributed by atoms with E-state index < -0.39 is 6.04 Å². The predicted octanol–water partition coefficient (Wildman–Crippen LogP) is 2.46. The maximum atomic E-state index is 12.1. The highest BCUT2D eigenvalue weighted by Crippen LogP contribution is 2.23. The molecule has 0 radical (unpaired) electrons. The van der Waals surface area contributed by atoms with Crippen molar-refractivity contribution in [2.75, 3.05) is 6.54 Å². The fraction of sp³-hybridized carbons (Fsp3) is 0.412. The lowest BCUT2D eigenvalue weighted by Gasteiger charge is -2.18. The SMILES string of the molecule is C[C@H](NC(=O)N[C@@H]1CCCCNC1=O)c1cc2ccccc2o1. The number of amides is 3. The normalized spacial score (nSPS) is 19.7. The number of benzene rings is 1. The van der Waals surface area contributed by atoms with Crippen LogP contribution in [0.1, 0.15) is 38.0 Å². The first-order chi connectivity index (χ1) is 11.1. The second-order valence-corrected chi connectivity index (χ2v) is 5.87. The largest absolute Gasteiger partial charge is 0.459 e. The Morgan fingerprint density at radius 1 is 1.35 bits per heavy atom. The molecule has 0 spiro atoms. The minimum atomic E-state index is -0.472. The number of urea groups is 1. The minimum absolute atomic E-state index is 0.117. The van der Waals surface area contributed by atoms with Crippen molar-refractivity contribution < 1.29 is 14.0 Å². The lowest BCUT2D eigenvalue weighted by molar-refractivity contribution is -0.122. The van der Waals surface area contributed by atoms with Crippen LogP contribution in [0, 0.1) is 0 Å². The van der Waals surface area contributed by atoms with Crippen molar-refractivity contribution in [2.45, 2.75) is 38.3 Å². The van der Waals surface area contributed by atoms with E-state index in [0.717, 1.165) is 23.8 Å². The molecule has 3 amide bonds. The van der Waals surface area contributed by atoms with E-state index in [-0.39, 0.29) is 18.0 Å². The molecule has 1 aliphatic rings. The summed E-state index contributed by atoms with van der Waals surface area (Å²) in [5.74, 6) is 0.570. The summed E-state index contributed by atoms with van der Waals surface area (Å²) in [6, 6.07) is 8.50. The van der Waals surface area contributed by atoms with Crippen LogP contribution in [0.5, 0.6) is 0 Å². The highest BCUT2D eigenvalue weighted by molar-refractivity contribution is 5.87. The minimum Gasteiger partial charge on any atom is -0.459 e. The van der Waals surface area contributed by atoms with Gasteiger partial charge in [-0.2, -0.15) is 0 Å². The lowest BCUT2D eigenvalue weighted by atomic mass is 10.1. The van der Waals surface area contributed by atoms with E-state index in [1.165, 1.54) is 0 Å². The first-order valence-corrected chi connectivity index (χ1v) is 7.97. The Bertz CT molecular complexity index is 677. The standard InChI is InChI=1S/C17H21N3O3/c1-11(15-10-12-6-2-3-8-14(12)23-15)19-17(22)20-13-7-4-5-9-18-16(13)21/h2-3,6,8,10-11,13H,4-5,7,9H2,1H3,(H,18,21)(H2,19,20,22)/t11-,13+/m0/s1. The lowest BCUT2D eigenvalue weighted by Crippen LogP contribution is -2.49. The molecular formula is C17H21N3O3. The summed E-state index contributed by atoms with van der Waals surface area (Å²) in [4.78, 5) is 24.0. The van der Waals surface area contributed by atoms with Crippen molar-refractivity contribution in [2.24, 2.45) is 0 Å². The average Bonchev–Trinajstić information content (AvgIpc) is 2.87. The molecule has 2 heterocycles. The Labute approximate surface area is 134 Å². The van der Waals surface area contributed by atoms with Crippen LogP contribution in [0.3, 0.4) is 0 Å². The van der Waals surface area contributed by atoms with Crippen molar-refractivity contribution >= 4 is 22.9 Å². The molecule has 1 aliphatic heterocycles. The maximum Gasteiger partial charge on any atom is 0.316 e. The molecule has 2 atom stereocenters. The predicted molar refractivity (Wildman–Crippen MR) is 86.9 cm³/mol. The van der Waals surface area contributed by atoms with Crippen LogP contribution in [0.4, 0.5) is 4.79 Å². The Hall–Kier alpha value is -2.50. The first kappa shape index (κ1) is 15.4. The zero-order valence-electron chi connectivity index (χ0n) is 13.1. The summed E-state index contributed by atoms with van der Waals surface area (Å²) in [5, 5.41) is 9.36. The van der Waals surface area contributed by atoms with Gasteiger partial charge in [0.15, 0.2) is 0 Å². The van der Waals surface area contributed by atoms with Gasteiger partial charge in [-0.15, -0.1) is 0 Å². The Morgan fingerprint density at radius 2 is 2.17 bits per heavy atom. The van der Waals surface area contributed by atoms with Crippen molar-refractivity contribution in [3.8, 4) is 0 Å². The maximum absolute atomic E-state index is 12.1. The topological polar surface area (TPSA) is 83.4 Å². The van der Waals surface area contributed by atoms with Crippen molar-refractivity contribution in [1.29, 1.82) is 0 Å². The molecule has 1 fully saturated rings. The molecule has 3 rings (SSSR count). The van der Waals surface area contributed by atoms with Gasteiger partial charge in [0.05, 0.1) is 6.04 Å². The molecule has 0 unspecified atom stereocenters. The van der Waals surface area contributed by atoms with Crippen LogP contribution in [0.2, 0.25) is 0 Å². The summed E-state index contributed by atoms with van der Waals surface area (Å²) >= 11 is 0. The van der Waals surface area contributed by atoms with Crippen LogP contribution in [0.15, 0.2) is 34.7 Å². The van der Waals surface area contributed by atoms with Crippen molar-refractivity contribution in [3.05, 3.63) is 36.1 Å². The molecule has 1 aromatic carbocycles. The van der Waals surface area contributed by atoms with Crippen molar-refractivity contribution in [3.63, 3.8) is 0 Å². The van der Waals surface area contributed by atoms with E-state index in [9.17, 15) is 9.59 Å². The number of para-hydroxylation sites is 1. The highest BCUT2D eigenvalue weighted by atomic mass is 16.3. The zero-order valence-corrected chi connectivity index (χ0v) is 13.1. The number of carbonyl (C=O) groups excluding carboxylic acids is 2. The monoisotopic (exact) mass is 315 g/mol. The Balaban J connectivity index is 1.61. The van der Waals surface area contributed by atoms with Gasteiger partial charge in [0, 0.05) is 11.9 Å². The summed E-state index contributed by atoms with van der Waals surface area (Å²) in [5.41, 5.74) is 0.791. The molecule has 0 aliphatic carbocycles. The van der Waals surface area contributed by atoms with Crippen molar-refractivity contribution in [1.82, 2.24) is 16.0 Å². The number of carbonyl (C=O) groups is 2. The van der Waals surface area contributed by atoms with E-state index in [0.29, 0.717) is 18.7 Å². The van der Waals surface area contributed by atoms with Crippen LogP contribution in [-0.4, -0.2) is 24.5 Å². The number of hydrogen-bond acceptors (Lipinski definition) is 3. The second kappa shape index (κ2) is 6.73. The van der Waals surface area contributed by atoms with Gasteiger partial charge in [-0.05, 0) is 38.3 Å². The molecule has 1 aromatic heterocycles. The molecule has 2 aromatic rings. The number of rotatable bonds is 3. The number of hydrogen-bond donors (Lipinski definition) is 3. The molecule has 6 heteroatoms. The fourth-order valence-corrected chi connectivity index (χ4v) is 2.76. The Kier molecular flexibility index (Phi) is 4.50. The quantitative estimate of drug-likeness (QED) is 0.813. The van der Waals surface area contributed by atoms with E-state index in [2.05, 4.69) is 16.0 Å². The first-order valence-electron chi connectivity index (χ1n) is 7.97. The third-order valence-electron chi connectivity index (χ3n) is 4.06. The van der Waals surface area contributed by atoms with Gasteiger partial charge in [-0.25, -0.2) is 4.79 Å². The molecular weight excluding hydrogens is 294 g/mol. The van der Waals surface area contributed by atoms with E-state index in [1.807, 2.05) is 37.3 Å². The molecule has 23 heavy (non-hydrogen) atoms. The van der Waals surface area contributed by atoms with Gasteiger partial charge in [-0.3, -0.25) is 4.79 Å². The molecule has 6 nitrogen and oxygen atoms in total. The van der Waals surface area contributed by atoms with Crippen LogP contribution in [-0.2, 0) is 4.79 Å². The summed E-state index contributed by atoms with van der Waals surface area (Å²) in [6.45, 7) is 2.53.